The molecule has 0 aliphatic rings. The van der Waals surface area contributed by atoms with Crippen molar-refractivity contribution in [1.82, 2.24) is 4.98 Å². The third-order valence-electron chi connectivity index (χ3n) is 2.02. The third-order valence-corrected chi connectivity index (χ3v) is 4.12. The Kier molecular flexibility index (Phi) is 3.14. The molecule has 0 amide bonds. The SMILES string of the molecule is C[I-]c1ccccc1-c1ccccn1. The average molecular weight is 296 g/mol. The van der Waals surface area contributed by atoms with Gasteiger partial charge in [0.15, 0.2) is 0 Å². The molecule has 1 aromatic heterocycles. The van der Waals surface area contributed by atoms with Crippen LogP contribution in [0.25, 0.3) is 11.3 Å². The summed E-state index contributed by atoms with van der Waals surface area (Å²) in [7, 11) is 0. The summed E-state index contributed by atoms with van der Waals surface area (Å²) in [5.74, 6) is 0. The second-order valence-electron chi connectivity index (χ2n) is 2.88. The van der Waals surface area contributed by atoms with Crippen molar-refractivity contribution in [3.8, 4) is 11.3 Å². The zero-order chi connectivity index (χ0) is 9.80. The fraction of sp³-hybridized carbons (Fsp3) is 0.0833. The van der Waals surface area contributed by atoms with Crippen LogP contribution in [0.5, 0.6) is 0 Å². The minimum atomic E-state index is 0.122. The fourth-order valence-corrected chi connectivity index (χ4v) is 2.96. The van der Waals surface area contributed by atoms with E-state index in [-0.39, 0.29) is 21.2 Å². The van der Waals surface area contributed by atoms with Crippen LogP contribution in [0.2, 0.25) is 0 Å². The van der Waals surface area contributed by atoms with Crippen LogP contribution in [-0.2, 0) is 0 Å². The summed E-state index contributed by atoms with van der Waals surface area (Å²) >= 11 is 0.122. The van der Waals surface area contributed by atoms with Crippen LogP contribution in [0.15, 0.2) is 48.7 Å². The Bertz CT molecular complexity index is 412. The summed E-state index contributed by atoms with van der Waals surface area (Å²) in [5.41, 5.74) is 2.38. The molecular weight excluding hydrogens is 285 g/mol. The van der Waals surface area contributed by atoms with E-state index in [4.69, 9.17) is 0 Å². The summed E-state index contributed by atoms with van der Waals surface area (Å²) in [6.45, 7) is 0. The molecule has 0 bridgehead atoms. The molecule has 0 saturated heterocycles. The number of rotatable bonds is 2. The third kappa shape index (κ3) is 1.95. The van der Waals surface area contributed by atoms with Gasteiger partial charge in [-0.15, -0.1) is 0 Å². The Morgan fingerprint density at radius 3 is 2.50 bits per heavy atom. The summed E-state index contributed by atoms with van der Waals surface area (Å²) in [6, 6.07) is 14.6. The van der Waals surface area contributed by atoms with E-state index in [0.29, 0.717) is 0 Å². The molecule has 0 fully saturated rings. The number of pyridine rings is 1. The van der Waals surface area contributed by atoms with E-state index in [1.807, 2.05) is 18.3 Å². The Labute approximate surface area is 94.5 Å². The zero-order valence-electron chi connectivity index (χ0n) is 7.94. The molecule has 0 radical (unpaired) electrons. The molecule has 0 aliphatic carbocycles. The van der Waals surface area contributed by atoms with Gasteiger partial charge in [0, 0.05) is 0 Å². The number of nitrogens with zero attached hydrogens (tertiary/aromatic N) is 1. The van der Waals surface area contributed by atoms with Gasteiger partial charge < -0.3 is 0 Å². The normalized spacial score (nSPS) is 10.4. The predicted molar refractivity (Wildman–Crippen MR) is 54.3 cm³/mol. The van der Waals surface area contributed by atoms with Gasteiger partial charge in [0.1, 0.15) is 0 Å². The number of halogens is 1. The van der Waals surface area contributed by atoms with Gasteiger partial charge in [-0.3, -0.25) is 0 Å². The molecular formula is C12H11IN-. The predicted octanol–water partition coefficient (Wildman–Crippen LogP) is -0.363. The first-order valence-corrected chi connectivity index (χ1v) is 7.65. The first kappa shape index (κ1) is 9.65. The average Bonchev–Trinajstić information content (AvgIpc) is 2.30. The van der Waals surface area contributed by atoms with Gasteiger partial charge in [-0.1, -0.05) is 0 Å². The number of alkyl halides is 1. The minimum absolute atomic E-state index is 0.122. The number of hydrogen-bond acceptors (Lipinski definition) is 1. The van der Waals surface area contributed by atoms with E-state index in [1.165, 1.54) is 9.13 Å². The second kappa shape index (κ2) is 4.55. The summed E-state index contributed by atoms with van der Waals surface area (Å²) < 4.78 is 1.46. The van der Waals surface area contributed by atoms with Crippen LogP contribution in [0, 0.1) is 3.57 Å². The molecule has 1 nitrogen and oxygen atoms in total. The molecule has 0 aliphatic heterocycles. The van der Waals surface area contributed by atoms with E-state index in [9.17, 15) is 0 Å². The molecule has 14 heavy (non-hydrogen) atoms. The van der Waals surface area contributed by atoms with Crippen LogP contribution in [-0.4, -0.2) is 9.91 Å². The Balaban J connectivity index is 2.51. The van der Waals surface area contributed by atoms with Gasteiger partial charge in [-0.05, 0) is 0 Å². The first-order valence-electron chi connectivity index (χ1n) is 4.41. The van der Waals surface area contributed by atoms with E-state index in [1.54, 1.807) is 0 Å². The molecule has 1 aromatic carbocycles. The standard InChI is InChI=1S/C12H11IN/c1-13-11-7-3-2-6-10(11)12-8-4-5-9-14-12/h2-9H,1H3/q-1. The van der Waals surface area contributed by atoms with E-state index >= 15 is 0 Å². The van der Waals surface area contributed by atoms with Crippen molar-refractivity contribution in [2.45, 2.75) is 0 Å². The molecule has 1 heterocycles. The van der Waals surface area contributed by atoms with Crippen LogP contribution in [0.3, 0.4) is 0 Å². The van der Waals surface area contributed by atoms with Crippen molar-refractivity contribution < 1.29 is 21.2 Å². The molecule has 0 unspecified atom stereocenters. The molecule has 0 atom stereocenters. The summed E-state index contributed by atoms with van der Waals surface area (Å²) in [4.78, 5) is 6.65. The van der Waals surface area contributed by atoms with Crippen molar-refractivity contribution in [2.75, 3.05) is 4.93 Å². The second-order valence-corrected chi connectivity index (χ2v) is 5.12. The van der Waals surface area contributed by atoms with Crippen molar-refractivity contribution in [2.24, 2.45) is 0 Å². The summed E-state index contributed by atoms with van der Waals surface area (Å²) in [5, 5.41) is 0. The van der Waals surface area contributed by atoms with E-state index in [0.717, 1.165) is 5.69 Å². The van der Waals surface area contributed by atoms with Gasteiger partial charge in [0.25, 0.3) is 0 Å². The Morgan fingerprint density at radius 1 is 1.00 bits per heavy atom. The summed E-state index contributed by atoms with van der Waals surface area (Å²) in [6.07, 6.45) is 1.85. The first-order chi connectivity index (χ1) is 6.92. The molecule has 72 valence electrons. The van der Waals surface area contributed by atoms with Crippen molar-refractivity contribution in [3.63, 3.8) is 0 Å². The van der Waals surface area contributed by atoms with Crippen molar-refractivity contribution >= 4 is 0 Å². The van der Waals surface area contributed by atoms with Crippen LogP contribution >= 0.6 is 0 Å². The number of aromatic nitrogens is 1. The number of hydrogen-bond donors (Lipinski definition) is 0. The monoisotopic (exact) mass is 296 g/mol. The quantitative estimate of drug-likeness (QED) is 0.545. The molecule has 2 heteroatoms. The van der Waals surface area contributed by atoms with Crippen LogP contribution in [0.1, 0.15) is 0 Å². The Hall–Kier alpha value is -0.900. The number of benzene rings is 1. The van der Waals surface area contributed by atoms with Crippen LogP contribution < -0.4 is 21.2 Å². The van der Waals surface area contributed by atoms with Gasteiger partial charge in [-0.25, -0.2) is 0 Å². The molecule has 0 saturated carbocycles. The zero-order valence-corrected chi connectivity index (χ0v) is 10.1. The van der Waals surface area contributed by atoms with Crippen molar-refractivity contribution in [3.05, 3.63) is 52.2 Å². The Morgan fingerprint density at radius 2 is 1.79 bits per heavy atom. The van der Waals surface area contributed by atoms with Crippen molar-refractivity contribution in [1.29, 1.82) is 0 Å². The molecule has 0 N–H and O–H groups in total. The molecule has 2 rings (SSSR count). The van der Waals surface area contributed by atoms with Gasteiger partial charge in [-0.2, -0.15) is 0 Å². The fourth-order valence-electron chi connectivity index (χ4n) is 1.36. The van der Waals surface area contributed by atoms with Gasteiger partial charge >= 0.3 is 94.6 Å². The van der Waals surface area contributed by atoms with Gasteiger partial charge in [0.2, 0.25) is 0 Å². The molecule has 2 aromatic rings. The van der Waals surface area contributed by atoms with E-state index in [2.05, 4.69) is 40.2 Å². The van der Waals surface area contributed by atoms with Crippen LogP contribution in [0.4, 0.5) is 0 Å². The molecule has 0 spiro atoms. The van der Waals surface area contributed by atoms with E-state index < -0.39 is 0 Å². The topological polar surface area (TPSA) is 12.9 Å². The van der Waals surface area contributed by atoms with Gasteiger partial charge in [0.05, 0.1) is 0 Å². The maximum atomic E-state index is 4.38. The maximum absolute atomic E-state index is 4.38.